The Labute approximate surface area is 136 Å². The third-order valence-corrected chi connectivity index (χ3v) is 3.85. The first-order valence-corrected chi connectivity index (χ1v) is 7.31. The number of rotatable bonds is 3. The van der Waals surface area contributed by atoms with Gasteiger partial charge in [0.05, 0.1) is 12.5 Å². The molecule has 0 saturated heterocycles. The van der Waals surface area contributed by atoms with Gasteiger partial charge < -0.3 is 19.4 Å². The summed E-state index contributed by atoms with van der Waals surface area (Å²) in [5, 5.41) is 4.09. The predicted molar refractivity (Wildman–Crippen MR) is 86.0 cm³/mol. The van der Waals surface area contributed by atoms with Crippen molar-refractivity contribution in [2.75, 3.05) is 12.2 Å². The molecule has 0 fully saturated rings. The summed E-state index contributed by atoms with van der Waals surface area (Å²) < 4.78 is 11.4. The first kappa shape index (κ1) is 13.8. The molecule has 0 spiro atoms. The zero-order chi connectivity index (χ0) is 15.8. The summed E-state index contributed by atoms with van der Waals surface area (Å²) >= 11 is 3.44. The van der Waals surface area contributed by atoms with Crippen molar-refractivity contribution in [3.8, 4) is 11.5 Å². The monoisotopic (exact) mass is 376 g/mol. The average Bonchev–Trinajstić information content (AvgIpc) is 3.14. The van der Waals surface area contributed by atoms with Crippen LogP contribution in [-0.2, 0) is 0 Å². The first-order chi connectivity index (χ1) is 11.2. The van der Waals surface area contributed by atoms with E-state index in [1.54, 1.807) is 6.21 Å². The molecule has 3 heterocycles. The molecule has 0 saturated carbocycles. The molecule has 0 unspecified atom stereocenters. The minimum Gasteiger partial charge on any atom is -0.454 e. The number of fused-ring (bicyclic) bond motifs is 2. The Morgan fingerprint density at radius 1 is 1.35 bits per heavy atom. The van der Waals surface area contributed by atoms with Crippen LogP contribution < -0.4 is 20.5 Å². The van der Waals surface area contributed by atoms with Crippen LogP contribution in [0.15, 0.2) is 32.8 Å². The molecule has 3 aromatic rings. The Morgan fingerprint density at radius 2 is 2.17 bits per heavy atom. The maximum Gasteiger partial charge on any atom is 0.276 e. The molecule has 1 aromatic carbocycles. The van der Waals surface area contributed by atoms with Gasteiger partial charge in [0.25, 0.3) is 5.56 Å². The Bertz CT molecular complexity index is 979. The van der Waals surface area contributed by atoms with Crippen molar-refractivity contribution in [1.82, 2.24) is 19.9 Å². The molecule has 1 aliphatic rings. The molecule has 2 aromatic heterocycles. The van der Waals surface area contributed by atoms with Crippen LogP contribution in [0, 0.1) is 0 Å². The number of ether oxygens (including phenoxy) is 2. The molecule has 0 atom stereocenters. The number of halogens is 1. The number of anilines is 1. The van der Waals surface area contributed by atoms with Gasteiger partial charge in [0.2, 0.25) is 12.7 Å². The molecule has 10 heteroatoms. The molecule has 0 aliphatic carbocycles. The standard InChI is InChI=1S/C13H9BrN6O3/c14-7-2-9-8(22-5-23-9)1-6(7)3-17-20-13-18-10-11(19-13)15-4-16-12(10)21/h1-4H,5H2,(H3,15,16,18,19,20,21)/b17-3+. The normalized spacial score (nSPS) is 13.1. The van der Waals surface area contributed by atoms with Crippen LogP contribution in [-0.4, -0.2) is 32.9 Å². The average molecular weight is 377 g/mol. The highest BCUT2D eigenvalue weighted by atomic mass is 79.9. The predicted octanol–water partition coefficient (Wildman–Crippen LogP) is 1.58. The van der Waals surface area contributed by atoms with Crippen LogP contribution in [0.4, 0.5) is 5.95 Å². The lowest BCUT2D eigenvalue weighted by molar-refractivity contribution is 0.174. The minimum atomic E-state index is -0.293. The minimum absolute atomic E-state index is 0.209. The van der Waals surface area contributed by atoms with Gasteiger partial charge in [-0.3, -0.25) is 4.79 Å². The van der Waals surface area contributed by atoms with Crippen LogP contribution in [0.3, 0.4) is 0 Å². The van der Waals surface area contributed by atoms with E-state index in [9.17, 15) is 4.79 Å². The van der Waals surface area contributed by atoms with Crippen LogP contribution in [0.25, 0.3) is 11.2 Å². The fraction of sp³-hybridized carbons (Fsp3) is 0.0769. The lowest BCUT2D eigenvalue weighted by Crippen LogP contribution is -2.05. The number of nitrogens with one attached hydrogen (secondary N) is 3. The van der Waals surface area contributed by atoms with Gasteiger partial charge in [0.1, 0.15) is 0 Å². The smallest absolute Gasteiger partial charge is 0.276 e. The fourth-order valence-corrected chi connectivity index (χ4v) is 2.51. The van der Waals surface area contributed by atoms with E-state index < -0.39 is 0 Å². The van der Waals surface area contributed by atoms with Gasteiger partial charge in [-0.05, 0) is 28.1 Å². The maximum absolute atomic E-state index is 11.6. The van der Waals surface area contributed by atoms with E-state index in [-0.39, 0.29) is 17.9 Å². The third-order valence-electron chi connectivity index (χ3n) is 3.16. The molecule has 3 N–H and O–H groups in total. The van der Waals surface area contributed by atoms with Gasteiger partial charge >= 0.3 is 0 Å². The fourth-order valence-electron chi connectivity index (χ4n) is 2.09. The van der Waals surface area contributed by atoms with E-state index in [1.165, 1.54) is 6.33 Å². The molecule has 116 valence electrons. The van der Waals surface area contributed by atoms with Gasteiger partial charge in [0.15, 0.2) is 22.7 Å². The second kappa shape index (κ2) is 5.39. The molecule has 0 radical (unpaired) electrons. The van der Waals surface area contributed by atoms with E-state index in [1.807, 2.05) is 12.1 Å². The molecule has 0 bridgehead atoms. The Balaban J connectivity index is 1.57. The molecule has 4 rings (SSSR count). The summed E-state index contributed by atoms with van der Waals surface area (Å²) in [5.41, 5.74) is 3.83. The Hall–Kier alpha value is -2.88. The number of H-pyrrole nitrogens is 2. The van der Waals surface area contributed by atoms with Gasteiger partial charge in [-0.2, -0.15) is 10.1 Å². The highest BCUT2D eigenvalue weighted by Gasteiger charge is 2.15. The number of aromatic nitrogens is 4. The van der Waals surface area contributed by atoms with Crippen LogP contribution in [0.2, 0.25) is 0 Å². The van der Waals surface area contributed by atoms with Crippen molar-refractivity contribution < 1.29 is 9.47 Å². The van der Waals surface area contributed by atoms with Gasteiger partial charge in [-0.15, -0.1) is 0 Å². The lowest BCUT2D eigenvalue weighted by atomic mass is 10.2. The zero-order valence-corrected chi connectivity index (χ0v) is 13.0. The quantitative estimate of drug-likeness (QED) is 0.471. The summed E-state index contributed by atoms with van der Waals surface area (Å²) in [6, 6.07) is 3.62. The molecule has 23 heavy (non-hydrogen) atoms. The highest BCUT2D eigenvalue weighted by Crippen LogP contribution is 2.36. The summed E-state index contributed by atoms with van der Waals surface area (Å²) in [6.07, 6.45) is 2.89. The highest BCUT2D eigenvalue weighted by molar-refractivity contribution is 9.10. The van der Waals surface area contributed by atoms with Crippen LogP contribution in [0.1, 0.15) is 5.56 Å². The maximum atomic E-state index is 11.6. The van der Waals surface area contributed by atoms with Crippen LogP contribution >= 0.6 is 15.9 Å². The number of benzene rings is 1. The van der Waals surface area contributed by atoms with E-state index in [4.69, 9.17) is 9.47 Å². The van der Waals surface area contributed by atoms with Crippen LogP contribution in [0.5, 0.6) is 11.5 Å². The summed E-state index contributed by atoms with van der Waals surface area (Å²) in [7, 11) is 0. The largest absolute Gasteiger partial charge is 0.454 e. The molecular weight excluding hydrogens is 368 g/mol. The topological polar surface area (TPSA) is 117 Å². The SMILES string of the molecule is O=c1[nH]cnc2nc(N/N=C/c3cc4c(cc3Br)OCO4)[nH]c12. The molecule has 1 aliphatic heterocycles. The molecule has 9 nitrogen and oxygen atoms in total. The molecular formula is C13H9BrN6O3. The van der Waals surface area contributed by atoms with Crippen molar-refractivity contribution >= 4 is 39.3 Å². The van der Waals surface area contributed by atoms with Crippen molar-refractivity contribution in [1.29, 1.82) is 0 Å². The third kappa shape index (κ3) is 2.52. The summed E-state index contributed by atoms with van der Waals surface area (Å²) in [6.45, 7) is 0.209. The van der Waals surface area contributed by atoms with Crippen molar-refractivity contribution in [3.63, 3.8) is 0 Å². The van der Waals surface area contributed by atoms with E-state index >= 15 is 0 Å². The summed E-state index contributed by atoms with van der Waals surface area (Å²) in [4.78, 5) is 24.9. The zero-order valence-electron chi connectivity index (χ0n) is 11.5. The number of nitrogens with zero attached hydrogens (tertiary/aromatic N) is 3. The van der Waals surface area contributed by atoms with Crippen molar-refractivity contribution in [3.05, 3.63) is 38.9 Å². The van der Waals surface area contributed by atoms with E-state index in [0.29, 0.717) is 23.1 Å². The number of aromatic amines is 2. The Morgan fingerprint density at radius 3 is 3.00 bits per heavy atom. The van der Waals surface area contributed by atoms with Crippen molar-refractivity contribution in [2.45, 2.75) is 0 Å². The van der Waals surface area contributed by atoms with Crippen molar-refractivity contribution in [2.24, 2.45) is 5.10 Å². The first-order valence-electron chi connectivity index (χ1n) is 6.52. The number of hydrogen-bond acceptors (Lipinski definition) is 7. The van der Waals surface area contributed by atoms with E-state index in [0.717, 1.165) is 10.0 Å². The second-order valence-corrected chi connectivity index (χ2v) is 5.47. The van der Waals surface area contributed by atoms with Gasteiger partial charge in [-0.1, -0.05) is 0 Å². The lowest BCUT2D eigenvalue weighted by Gasteiger charge is -2.01. The Kier molecular flexibility index (Phi) is 3.23. The van der Waals surface area contributed by atoms with Gasteiger partial charge in [-0.25, -0.2) is 10.4 Å². The second-order valence-electron chi connectivity index (χ2n) is 4.61. The number of hydrogen-bond donors (Lipinski definition) is 3. The number of imidazole rings is 1. The van der Waals surface area contributed by atoms with E-state index in [2.05, 4.69) is 46.4 Å². The van der Waals surface area contributed by atoms with Gasteiger partial charge in [0, 0.05) is 10.0 Å². The summed E-state index contributed by atoms with van der Waals surface area (Å²) in [5.74, 6) is 1.66. The molecule has 0 amide bonds. The number of hydrazone groups is 1.